The molecule has 7 heteroatoms. The topological polar surface area (TPSA) is 99.1 Å². The third-order valence-electron chi connectivity index (χ3n) is 3.62. The van der Waals surface area contributed by atoms with Gasteiger partial charge in [0, 0.05) is 12.2 Å². The Bertz CT molecular complexity index is 703. The maximum absolute atomic E-state index is 12.1. The average molecular weight is 321 g/mol. The van der Waals surface area contributed by atoms with Crippen LogP contribution in [0.3, 0.4) is 0 Å². The van der Waals surface area contributed by atoms with Gasteiger partial charge in [-0.05, 0) is 37.5 Å². The van der Waals surface area contributed by atoms with E-state index in [-0.39, 0.29) is 10.8 Å². The minimum Gasteiger partial charge on any atom is -0.325 e. The first-order chi connectivity index (χ1) is 10.4. The highest BCUT2D eigenvalue weighted by Gasteiger charge is 2.50. The summed E-state index contributed by atoms with van der Waals surface area (Å²) in [6, 6.07) is 8.06. The highest BCUT2D eigenvalue weighted by molar-refractivity contribution is 7.89. The van der Waals surface area contributed by atoms with Crippen LogP contribution in [0.1, 0.15) is 32.6 Å². The van der Waals surface area contributed by atoms with Crippen molar-refractivity contribution in [2.45, 2.75) is 37.5 Å². The Hall–Kier alpha value is -1.91. The van der Waals surface area contributed by atoms with Crippen molar-refractivity contribution in [2.75, 3.05) is 11.9 Å². The van der Waals surface area contributed by atoms with Crippen LogP contribution >= 0.6 is 0 Å². The van der Waals surface area contributed by atoms with E-state index in [0.717, 1.165) is 12.8 Å². The molecule has 2 N–H and O–H groups in total. The Labute approximate surface area is 130 Å². The summed E-state index contributed by atoms with van der Waals surface area (Å²) >= 11 is 0. The average Bonchev–Trinajstić information content (AvgIpc) is 3.29. The number of rotatable bonds is 7. The first kappa shape index (κ1) is 16.5. The van der Waals surface area contributed by atoms with Crippen molar-refractivity contribution in [1.29, 1.82) is 5.26 Å². The van der Waals surface area contributed by atoms with E-state index in [2.05, 4.69) is 10.0 Å². The summed E-state index contributed by atoms with van der Waals surface area (Å²) in [5.41, 5.74) is -0.557. The van der Waals surface area contributed by atoms with E-state index < -0.39 is 15.4 Å². The third kappa shape index (κ3) is 3.64. The zero-order chi connectivity index (χ0) is 16.2. The van der Waals surface area contributed by atoms with Gasteiger partial charge in [-0.1, -0.05) is 19.4 Å². The molecule has 22 heavy (non-hydrogen) atoms. The number of carbonyl (C=O) groups excluding carboxylic acids is 1. The van der Waals surface area contributed by atoms with Crippen LogP contribution in [0.4, 0.5) is 5.69 Å². The number of benzene rings is 1. The summed E-state index contributed by atoms with van der Waals surface area (Å²) in [6.45, 7) is 2.36. The van der Waals surface area contributed by atoms with Crippen molar-refractivity contribution in [3.63, 3.8) is 0 Å². The molecule has 1 aromatic rings. The summed E-state index contributed by atoms with van der Waals surface area (Å²) in [5, 5.41) is 11.6. The molecule has 0 aliphatic heterocycles. The molecule has 1 saturated carbocycles. The largest absolute Gasteiger partial charge is 0.325 e. The first-order valence-electron chi connectivity index (χ1n) is 7.26. The predicted octanol–water partition coefficient (Wildman–Crippen LogP) is 2.01. The van der Waals surface area contributed by atoms with Crippen LogP contribution in [-0.2, 0) is 14.8 Å². The molecule has 0 bridgehead atoms. The summed E-state index contributed by atoms with van der Waals surface area (Å²) < 4.78 is 26.8. The molecule has 1 amide bonds. The van der Waals surface area contributed by atoms with E-state index in [0.29, 0.717) is 25.1 Å². The van der Waals surface area contributed by atoms with Gasteiger partial charge in [-0.15, -0.1) is 0 Å². The zero-order valence-corrected chi connectivity index (χ0v) is 13.2. The van der Waals surface area contributed by atoms with Crippen LogP contribution in [0, 0.1) is 16.7 Å². The molecule has 6 nitrogen and oxygen atoms in total. The van der Waals surface area contributed by atoms with Gasteiger partial charge in [0.05, 0.1) is 11.0 Å². The van der Waals surface area contributed by atoms with E-state index in [1.165, 1.54) is 12.1 Å². The van der Waals surface area contributed by atoms with Crippen LogP contribution in [0.2, 0.25) is 0 Å². The quantitative estimate of drug-likeness (QED) is 0.750. The van der Waals surface area contributed by atoms with Crippen LogP contribution in [0.25, 0.3) is 0 Å². The number of nitrogens with one attached hydrogen (secondary N) is 2. The molecule has 0 spiro atoms. The van der Waals surface area contributed by atoms with E-state index in [1.807, 2.05) is 13.0 Å². The van der Waals surface area contributed by atoms with Gasteiger partial charge in [0.15, 0.2) is 0 Å². The number of carbonyl (C=O) groups is 1. The smallest absolute Gasteiger partial charge is 0.244 e. The third-order valence-corrected chi connectivity index (χ3v) is 5.08. The van der Waals surface area contributed by atoms with Crippen LogP contribution in [0.15, 0.2) is 29.2 Å². The van der Waals surface area contributed by atoms with Crippen LogP contribution in [0.5, 0.6) is 0 Å². The number of nitriles is 1. The van der Waals surface area contributed by atoms with E-state index in [1.54, 1.807) is 12.1 Å². The fourth-order valence-corrected chi connectivity index (χ4v) is 3.09. The highest BCUT2D eigenvalue weighted by atomic mass is 32.2. The minimum atomic E-state index is -3.58. The molecule has 0 atom stereocenters. The minimum absolute atomic E-state index is 0.100. The first-order valence-corrected chi connectivity index (χ1v) is 8.74. The standard InChI is InChI=1S/C15H19N3O3S/c1-2-3-9-17-22(20,21)13-6-4-5-12(10-13)18-14(19)15(11-16)7-8-15/h4-6,10,17H,2-3,7-9H2,1H3,(H,18,19). The molecular weight excluding hydrogens is 302 g/mol. The van der Waals surface area contributed by atoms with E-state index in [9.17, 15) is 13.2 Å². The molecule has 1 aliphatic carbocycles. The van der Waals surface area contributed by atoms with Gasteiger partial charge in [-0.2, -0.15) is 5.26 Å². The molecule has 1 aliphatic rings. The van der Waals surface area contributed by atoms with Gasteiger partial charge in [0.1, 0.15) is 5.41 Å². The maximum Gasteiger partial charge on any atom is 0.244 e. The summed E-state index contributed by atoms with van der Waals surface area (Å²) in [6.07, 6.45) is 2.76. The predicted molar refractivity (Wildman–Crippen MR) is 82.4 cm³/mol. The molecule has 0 aromatic heterocycles. The van der Waals surface area contributed by atoms with Crippen LogP contribution in [-0.4, -0.2) is 20.9 Å². The van der Waals surface area contributed by atoms with Crippen molar-refractivity contribution in [3.05, 3.63) is 24.3 Å². The van der Waals surface area contributed by atoms with Gasteiger partial charge < -0.3 is 5.32 Å². The van der Waals surface area contributed by atoms with E-state index in [4.69, 9.17) is 5.26 Å². The van der Waals surface area contributed by atoms with Gasteiger partial charge in [0.25, 0.3) is 0 Å². The number of hydrogen-bond acceptors (Lipinski definition) is 4. The second kappa shape index (κ2) is 6.46. The van der Waals surface area contributed by atoms with Crippen molar-refractivity contribution in [1.82, 2.24) is 4.72 Å². The van der Waals surface area contributed by atoms with Gasteiger partial charge >= 0.3 is 0 Å². The summed E-state index contributed by atoms with van der Waals surface area (Å²) in [7, 11) is -3.58. The van der Waals surface area contributed by atoms with Gasteiger partial charge in [-0.3, -0.25) is 4.79 Å². The van der Waals surface area contributed by atoms with E-state index >= 15 is 0 Å². The molecule has 1 fully saturated rings. The Morgan fingerprint density at radius 3 is 2.73 bits per heavy atom. The summed E-state index contributed by atoms with van der Waals surface area (Å²) in [5.74, 6) is -0.372. The molecule has 1 aromatic carbocycles. The molecule has 0 unspecified atom stereocenters. The fraction of sp³-hybridized carbons (Fsp3) is 0.467. The lowest BCUT2D eigenvalue weighted by molar-refractivity contribution is -0.119. The number of nitrogens with zero attached hydrogens (tertiary/aromatic N) is 1. The zero-order valence-electron chi connectivity index (χ0n) is 12.4. The number of anilines is 1. The van der Waals surface area contributed by atoms with Crippen molar-refractivity contribution in [2.24, 2.45) is 5.41 Å². The van der Waals surface area contributed by atoms with Gasteiger partial charge in [0.2, 0.25) is 15.9 Å². The molecule has 118 valence electrons. The Morgan fingerprint density at radius 1 is 1.41 bits per heavy atom. The summed E-state index contributed by atoms with van der Waals surface area (Å²) in [4.78, 5) is 12.1. The molecular formula is C15H19N3O3S. The monoisotopic (exact) mass is 321 g/mol. The maximum atomic E-state index is 12.1. The molecule has 2 rings (SSSR count). The second-order valence-corrected chi connectivity index (χ2v) is 7.19. The Kier molecular flexibility index (Phi) is 4.84. The SMILES string of the molecule is CCCCNS(=O)(=O)c1cccc(NC(=O)C2(C#N)CC2)c1. The molecule has 0 saturated heterocycles. The molecule has 0 heterocycles. The number of unbranched alkanes of at least 4 members (excludes halogenated alkanes) is 1. The Balaban J connectivity index is 2.10. The Morgan fingerprint density at radius 2 is 2.14 bits per heavy atom. The fourth-order valence-electron chi connectivity index (χ4n) is 1.97. The second-order valence-electron chi connectivity index (χ2n) is 5.43. The van der Waals surface area contributed by atoms with Crippen LogP contribution < -0.4 is 10.0 Å². The normalized spacial score (nSPS) is 15.8. The van der Waals surface area contributed by atoms with Crippen molar-refractivity contribution < 1.29 is 13.2 Å². The highest BCUT2D eigenvalue weighted by Crippen LogP contribution is 2.45. The lowest BCUT2D eigenvalue weighted by Gasteiger charge is -2.10. The van der Waals surface area contributed by atoms with Gasteiger partial charge in [-0.25, -0.2) is 13.1 Å². The lowest BCUT2D eigenvalue weighted by atomic mass is 10.1. The lowest BCUT2D eigenvalue weighted by Crippen LogP contribution is -2.25. The number of hydrogen-bond donors (Lipinski definition) is 2. The number of amides is 1. The van der Waals surface area contributed by atoms with Crippen molar-refractivity contribution in [3.8, 4) is 6.07 Å². The molecule has 0 radical (unpaired) electrons. The van der Waals surface area contributed by atoms with Crippen molar-refractivity contribution >= 4 is 21.6 Å². The number of sulfonamides is 1.